The summed E-state index contributed by atoms with van der Waals surface area (Å²) in [5, 5.41) is 13.6. The predicted molar refractivity (Wildman–Crippen MR) is 139 cm³/mol. The molecule has 3 aromatic carbocycles. The van der Waals surface area contributed by atoms with Gasteiger partial charge in [0.25, 0.3) is 15.7 Å². The molecule has 0 aliphatic heterocycles. The molecule has 10 nitrogen and oxygen atoms in total. The Bertz CT molecular complexity index is 1380. The second-order valence-corrected chi connectivity index (χ2v) is 10.2. The molecule has 0 aromatic heterocycles. The lowest BCUT2D eigenvalue weighted by molar-refractivity contribution is -0.384. The normalized spacial score (nSPS) is 11.9. The molecule has 0 bridgehead atoms. The topological polar surface area (TPSA) is 130 Å². The number of carbonyl (C=O) groups is 2. The zero-order valence-electron chi connectivity index (χ0n) is 20.7. The van der Waals surface area contributed by atoms with Crippen LogP contribution in [0.25, 0.3) is 0 Å². The number of hydrogen-bond donors (Lipinski definition) is 1. The van der Waals surface area contributed by atoms with Crippen molar-refractivity contribution in [2.45, 2.75) is 31.3 Å². The smallest absolute Gasteiger partial charge is 0.269 e. The highest BCUT2D eigenvalue weighted by Crippen LogP contribution is 2.26. The zero-order chi connectivity index (χ0) is 27.2. The van der Waals surface area contributed by atoms with E-state index in [0.717, 1.165) is 15.4 Å². The molecule has 2 amide bonds. The summed E-state index contributed by atoms with van der Waals surface area (Å²) in [6.07, 6.45) is 0. The first kappa shape index (κ1) is 27.3. The number of aryl methyl sites for hydroxylation is 1. The Kier molecular flexibility index (Phi) is 8.61. The molecule has 0 aliphatic rings. The molecule has 0 spiro atoms. The van der Waals surface area contributed by atoms with Crippen molar-refractivity contribution in [2.24, 2.45) is 0 Å². The van der Waals surface area contributed by atoms with Crippen molar-refractivity contribution in [3.05, 3.63) is 100 Å². The van der Waals surface area contributed by atoms with Gasteiger partial charge in [0.2, 0.25) is 11.8 Å². The number of amides is 2. The third-order valence-electron chi connectivity index (χ3n) is 5.97. The van der Waals surface area contributed by atoms with E-state index in [2.05, 4.69) is 5.32 Å². The molecule has 1 N–H and O–H groups in total. The van der Waals surface area contributed by atoms with Crippen LogP contribution < -0.4 is 9.62 Å². The largest absolute Gasteiger partial charge is 0.357 e. The maximum atomic E-state index is 13.7. The number of hydrogen-bond acceptors (Lipinski definition) is 6. The number of sulfonamides is 1. The molecule has 37 heavy (non-hydrogen) atoms. The Balaban J connectivity index is 2.05. The molecule has 3 aromatic rings. The number of nitro benzene ring substituents is 1. The average molecular weight is 525 g/mol. The molecule has 3 rings (SSSR count). The van der Waals surface area contributed by atoms with E-state index in [1.54, 1.807) is 25.1 Å². The summed E-state index contributed by atoms with van der Waals surface area (Å²) in [4.78, 5) is 38.0. The summed E-state index contributed by atoms with van der Waals surface area (Å²) in [6.45, 7) is 2.91. The van der Waals surface area contributed by atoms with Crippen molar-refractivity contribution in [3.63, 3.8) is 0 Å². The summed E-state index contributed by atoms with van der Waals surface area (Å²) in [5.41, 5.74) is 1.57. The number of non-ortho nitro benzene ring substituents is 1. The standard InChI is InChI=1S/C26H28N4O6S/c1-19-9-7-8-10-21(19)17-28(20(2)26(32)27-3)25(31)18-29(22-13-15-23(16-14-22)30(33)34)37(35,36)24-11-5-4-6-12-24/h4-16,20H,17-18H2,1-3H3,(H,27,32)/t20-/m0/s1. The minimum absolute atomic E-state index is 0.0500. The van der Waals surface area contributed by atoms with Gasteiger partial charge >= 0.3 is 0 Å². The molecule has 0 heterocycles. The first-order valence-electron chi connectivity index (χ1n) is 11.4. The SMILES string of the molecule is CNC(=O)[C@H](C)N(Cc1ccccc1C)C(=O)CN(c1ccc([N+](=O)[O-])cc1)S(=O)(=O)c1ccccc1. The van der Waals surface area contributed by atoms with E-state index >= 15 is 0 Å². The molecule has 0 radical (unpaired) electrons. The number of benzene rings is 3. The van der Waals surface area contributed by atoms with Gasteiger partial charge in [-0.15, -0.1) is 0 Å². The summed E-state index contributed by atoms with van der Waals surface area (Å²) in [6, 6.07) is 19.0. The summed E-state index contributed by atoms with van der Waals surface area (Å²) in [7, 11) is -2.78. The van der Waals surface area contributed by atoms with E-state index < -0.39 is 39.3 Å². The molecular formula is C26H28N4O6S. The van der Waals surface area contributed by atoms with E-state index in [1.165, 1.54) is 48.3 Å². The van der Waals surface area contributed by atoms with E-state index in [-0.39, 0.29) is 22.8 Å². The molecule has 0 saturated heterocycles. The van der Waals surface area contributed by atoms with Gasteiger partial charge in [0.05, 0.1) is 15.5 Å². The molecule has 1 atom stereocenters. The number of likely N-dealkylation sites (N-methyl/N-ethyl adjacent to an activating group) is 1. The number of rotatable bonds is 10. The summed E-state index contributed by atoms with van der Waals surface area (Å²) < 4.78 is 28.1. The average Bonchev–Trinajstić information content (AvgIpc) is 2.90. The van der Waals surface area contributed by atoms with E-state index in [0.29, 0.717) is 0 Å². The molecule has 0 saturated carbocycles. The number of nitro groups is 1. The first-order valence-corrected chi connectivity index (χ1v) is 12.9. The van der Waals surface area contributed by atoms with Crippen LogP contribution in [0.15, 0.2) is 83.8 Å². The second-order valence-electron chi connectivity index (χ2n) is 8.34. The van der Waals surface area contributed by atoms with Crippen LogP contribution in [0.1, 0.15) is 18.1 Å². The molecule has 0 unspecified atom stereocenters. The third-order valence-corrected chi connectivity index (χ3v) is 7.76. The van der Waals surface area contributed by atoms with Gasteiger partial charge in [-0.1, -0.05) is 42.5 Å². The quantitative estimate of drug-likeness (QED) is 0.320. The van der Waals surface area contributed by atoms with Crippen LogP contribution in [0.5, 0.6) is 0 Å². The van der Waals surface area contributed by atoms with Gasteiger partial charge in [0.15, 0.2) is 0 Å². The van der Waals surface area contributed by atoms with Crippen molar-refractivity contribution in [1.82, 2.24) is 10.2 Å². The number of carbonyl (C=O) groups excluding carboxylic acids is 2. The minimum Gasteiger partial charge on any atom is -0.357 e. The second kappa shape index (κ2) is 11.7. The maximum Gasteiger partial charge on any atom is 0.269 e. The minimum atomic E-state index is -4.23. The van der Waals surface area contributed by atoms with Crippen LogP contribution in [-0.4, -0.2) is 49.7 Å². The van der Waals surface area contributed by atoms with E-state index in [4.69, 9.17) is 0 Å². The Morgan fingerprint density at radius 2 is 1.57 bits per heavy atom. The fourth-order valence-corrected chi connectivity index (χ4v) is 5.19. The number of nitrogens with zero attached hydrogens (tertiary/aromatic N) is 3. The highest BCUT2D eigenvalue weighted by atomic mass is 32.2. The number of nitrogens with one attached hydrogen (secondary N) is 1. The fourth-order valence-electron chi connectivity index (χ4n) is 3.75. The Morgan fingerprint density at radius 1 is 0.973 bits per heavy atom. The highest BCUT2D eigenvalue weighted by molar-refractivity contribution is 7.92. The zero-order valence-corrected chi connectivity index (χ0v) is 21.5. The highest BCUT2D eigenvalue weighted by Gasteiger charge is 2.32. The maximum absolute atomic E-state index is 13.7. The van der Waals surface area contributed by atoms with Crippen LogP contribution in [0.2, 0.25) is 0 Å². The molecule has 194 valence electrons. The summed E-state index contributed by atoms with van der Waals surface area (Å²) >= 11 is 0. The fraction of sp³-hybridized carbons (Fsp3) is 0.231. The van der Waals surface area contributed by atoms with Crippen LogP contribution >= 0.6 is 0 Å². The van der Waals surface area contributed by atoms with Crippen LogP contribution in [0.3, 0.4) is 0 Å². The molecular weight excluding hydrogens is 496 g/mol. The third kappa shape index (κ3) is 6.31. The monoisotopic (exact) mass is 524 g/mol. The number of anilines is 1. The van der Waals surface area contributed by atoms with Gasteiger partial charge in [-0.05, 0) is 49.2 Å². The molecule has 11 heteroatoms. The Labute approximate surface area is 215 Å². The van der Waals surface area contributed by atoms with Crippen LogP contribution in [-0.2, 0) is 26.2 Å². The Hall–Kier alpha value is -4.25. The lowest BCUT2D eigenvalue weighted by Crippen LogP contribution is -2.50. The molecule has 0 aliphatic carbocycles. The van der Waals surface area contributed by atoms with Crippen molar-refractivity contribution >= 4 is 33.2 Å². The summed E-state index contributed by atoms with van der Waals surface area (Å²) in [5.74, 6) is -1.02. The van der Waals surface area contributed by atoms with Gasteiger partial charge in [0, 0.05) is 25.7 Å². The van der Waals surface area contributed by atoms with Crippen molar-refractivity contribution in [1.29, 1.82) is 0 Å². The van der Waals surface area contributed by atoms with Gasteiger partial charge < -0.3 is 10.2 Å². The van der Waals surface area contributed by atoms with Crippen molar-refractivity contribution in [2.75, 3.05) is 17.9 Å². The van der Waals surface area contributed by atoms with Crippen molar-refractivity contribution < 1.29 is 22.9 Å². The first-order chi connectivity index (χ1) is 17.6. The predicted octanol–water partition coefficient (Wildman–Crippen LogP) is 3.26. The molecule has 0 fully saturated rings. The van der Waals surface area contributed by atoms with Gasteiger partial charge in [-0.3, -0.25) is 24.0 Å². The van der Waals surface area contributed by atoms with E-state index in [9.17, 15) is 28.1 Å². The lowest BCUT2D eigenvalue weighted by Gasteiger charge is -2.32. The van der Waals surface area contributed by atoms with Gasteiger partial charge in [-0.2, -0.15) is 0 Å². The van der Waals surface area contributed by atoms with Gasteiger partial charge in [0.1, 0.15) is 12.6 Å². The lowest BCUT2D eigenvalue weighted by atomic mass is 10.1. The van der Waals surface area contributed by atoms with E-state index in [1.807, 2.05) is 31.2 Å². The Morgan fingerprint density at radius 3 is 2.14 bits per heavy atom. The van der Waals surface area contributed by atoms with Crippen LogP contribution in [0.4, 0.5) is 11.4 Å². The van der Waals surface area contributed by atoms with Gasteiger partial charge in [-0.25, -0.2) is 8.42 Å². The van der Waals surface area contributed by atoms with Crippen LogP contribution in [0, 0.1) is 17.0 Å². The van der Waals surface area contributed by atoms with Crippen molar-refractivity contribution in [3.8, 4) is 0 Å².